The molecule has 1 aliphatic heterocycles. The molecule has 13 heteroatoms. The van der Waals surface area contributed by atoms with Crippen molar-refractivity contribution in [1.82, 2.24) is 13.8 Å². The van der Waals surface area contributed by atoms with E-state index in [2.05, 4.69) is 49.8 Å². The number of hydrogen-bond acceptors (Lipinski definition) is 7. The number of sulfonamides is 1. The van der Waals surface area contributed by atoms with Crippen LogP contribution in [0.1, 0.15) is 55.4 Å². The zero-order valence-electron chi connectivity index (χ0n) is 27.2. The minimum atomic E-state index is -4.14. The summed E-state index contributed by atoms with van der Waals surface area (Å²) in [6.45, 7) is 20.3. The lowest BCUT2D eigenvalue weighted by Gasteiger charge is -2.40. The minimum absolute atomic E-state index is 0.00748. The van der Waals surface area contributed by atoms with E-state index >= 15 is 0 Å². The predicted octanol–water partition coefficient (Wildman–Crippen LogP) is 5.41. The van der Waals surface area contributed by atoms with Gasteiger partial charge in [0.15, 0.2) is 8.32 Å². The molecule has 3 rings (SSSR count). The number of nitrogens with zero attached hydrogens (tertiary/aromatic N) is 3. The van der Waals surface area contributed by atoms with E-state index in [0.29, 0.717) is 16.5 Å². The fourth-order valence-electron chi connectivity index (χ4n) is 4.65. The van der Waals surface area contributed by atoms with Crippen molar-refractivity contribution < 1.29 is 27.5 Å². The SMILES string of the molecule is CC(C)(CO[Si](C)(C)C(C)(C)C)Cn1cc(S(=O)(=O)N2CCN(C(=O)OC(C)(C)C)[C@@H](CO)C2)c2cc(Br)ccc2c1=O. The smallest absolute Gasteiger partial charge is 0.410 e. The summed E-state index contributed by atoms with van der Waals surface area (Å²) in [6.07, 6.45) is 0.822. The highest BCUT2D eigenvalue weighted by atomic mass is 79.9. The Morgan fingerprint density at radius 2 is 1.70 bits per heavy atom. The Bertz CT molecular complexity index is 1510. The van der Waals surface area contributed by atoms with Crippen molar-refractivity contribution in [3.8, 4) is 0 Å². The quantitative estimate of drug-likeness (QED) is 0.366. The minimum Gasteiger partial charge on any atom is -0.444 e. The van der Waals surface area contributed by atoms with Crippen LogP contribution in [0.5, 0.6) is 0 Å². The molecule has 1 fully saturated rings. The van der Waals surface area contributed by atoms with Gasteiger partial charge in [0.1, 0.15) is 10.5 Å². The standard InChI is InChI=1S/C30H48BrN3O7SSi/c1-28(2,3)41-27(37)34-14-13-33(16-22(34)18-35)42(38,39)25-17-32(26(36)23-12-11-21(31)15-24(23)25)19-30(7,8)20-40-43(9,10)29(4,5)6/h11-12,15,17,22,35H,13-14,16,18-20H2,1-10H3/t22-/m1/s1. The van der Waals surface area contributed by atoms with Crippen LogP contribution in [0, 0.1) is 5.41 Å². The Hall–Kier alpha value is -1.77. The zero-order valence-corrected chi connectivity index (χ0v) is 30.6. The number of fused-ring (bicyclic) bond motifs is 1. The third kappa shape index (κ3) is 8.29. The molecule has 0 bridgehead atoms. The van der Waals surface area contributed by atoms with Gasteiger partial charge in [-0.2, -0.15) is 4.31 Å². The lowest BCUT2D eigenvalue weighted by atomic mass is 9.94. The average molecular weight is 703 g/mol. The summed E-state index contributed by atoms with van der Waals surface area (Å²) in [6, 6.07) is 4.21. The molecule has 0 radical (unpaired) electrons. The number of aliphatic hydroxyl groups is 1. The summed E-state index contributed by atoms with van der Waals surface area (Å²) in [7, 11) is -6.19. The number of aliphatic hydroxyl groups excluding tert-OH is 1. The molecule has 10 nitrogen and oxygen atoms in total. The lowest BCUT2D eigenvalue weighted by Crippen LogP contribution is -2.58. The topological polar surface area (TPSA) is 118 Å². The number of carbonyl (C=O) groups is 1. The zero-order chi connectivity index (χ0) is 32.8. The van der Waals surface area contributed by atoms with Crippen molar-refractivity contribution in [2.75, 3.05) is 32.8 Å². The Balaban J connectivity index is 2.01. The second-order valence-electron chi connectivity index (χ2n) is 14.7. The Labute approximate surface area is 265 Å². The molecule has 1 aliphatic rings. The molecule has 1 saturated heterocycles. The van der Waals surface area contributed by atoms with E-state index in [1.807, 2.05) is 13.8 Å². The van der Waals surface area contributed by atoms with E-state index in [1.54, 1.807) is 39.0 Å². The normalized spacial score (nSPS) is 17.9. The molecule has 1 aromatic heterocycles. The summed E-state index contributed by atoms with van der Waals surface area (Å²) >= 11 is 3.42. The van der Waals surface area contributed by atoms with Gasteiger partial charge in [-0.15, -0.1) is 0 Å². The van der Waals surface area contributed by atoms with Crippen LogP contribution < -0.4 is 5.56 Å². The largest absolute Gasteiger partial charge is 0.444 e. The first-order valence-corrected chi connectivity index (χ1v) is 19.7. The van der Waals surface area contributed by atoms with E-state index in [4.69, 9.17) is 9.16 Å². The van der Waals surface area contributed by atoms with Crippen LogP contribution >= 0.6 is 15.9 Å². The van der Waals surface area contributed by atoms with E-state index in [9.17, 15) is 23.1 Å². The molecule has 2 heterocycles. The maximum atomic E-state index is 14.2. The van der Waals surface area contributed by atoms with Gasteiger partial charge in [-0.25, -0.2) is 13.2 Å². The van der Waals surface area contributed by atoms with Crippen molar-refractivity contribution >= 4 is 51.1 Å². The van der Waals surface area contributed by atoms with Crippen LogP contribution in [0.2, 0.25) is 18.1 Å². The van der Waals surface area contributed by atoms with Gasteiger partial charge >= 0.3 is 6.09 Å². The lowest BCUT2D eigenvalue weighted by molar-refractivity contribution is -0.00256. The molecular weight excluding hydrogens is 654 g/mol. The van der Waals surface area contributed by atoms with Crippen LogP contribution in [0.4, 0.5) is 4.79 Å². The molecule has 1 atom stereocenters. The predicted molar refractivity (Wildman–Crippen MR) is 175 cm³/mol. The fraction of sp³-hybridized carbons (Fsp3) is 0.667. The highest BCUT2D eigenvalue weighted by Crippen LogP contribution is 2.38. The first kappa shape index (κ1) is 35.7. The number of aromatic nitrogens is 1. The summed E-state index contributed by atoms with van der Waals surface area (Å²) in [5, 5.41) is 10.7. The molecule has 0 saturated carbocycles. The van der Waals surface area contributed by atoms with Gasteiger partial charge in [-0.05, 0) is 57.1 Å². The first-order chi connectivity index (χ1) is 19.5. The third-order valence-corrected chi connectivity index (χ3v) is 15.0. The number of benzene rings is 1. The first-order valence-electron chi connectivity index (χ1n) is 14.6. The van der Waals surface area contributed by atoms with Gasteiger partial charge in [0.25, 0.3) is 5.56 Å². The summed E-state index contributed by atoms with van der Waals surface area (Å²) in [5.74, 6) is 0. The molecule has 1 aromatic carbocycles. The van der Waals surface area contributed by atoms with Gasteiger partial charge < -0.3 is 23.7 Å². The van der Waals surface area contributed by atoms with Crippen molar-refractivity contribution in [1.29, 1.82) is 0 Å². The number of ether oxygens (including phenoxy) is 1. The van der Waals surface area contributed by atoms with E-state index in [0.717, 1.165) is 0 Å². The van der Waals surface area contributed by atoms with Crippen LogP contribution in [-0.2, 0) is 25.7 Å². The van der Waals surface area contributed by atoms with Crippen LogP contribution in [0.25, 0.3) is 10.8 Å². The highest BCUT2D eigenvalue weighted by Gasteiger charge is 2.40. The average Bonchev–Trinajstić information content (AvgIpc) is 2.87. The number of carbonyl (C=O) groups excluding carboxylic acids is 1. The summed E-state index contributed by atoms with van der Waals surface area (Å²) in [5.41, 5.74) is -1.49. The van der Waals surface area contributed by atoms with Crippen LogP contribution in [0.15, 0.2) is 38.6 Å². The van der Waals surface area contributed by atoms with Crippen molar-refractivity contribution in [3.05, 3.63) is 39.2 Å². The van der Waals surface area contributed by atoms with Crippen molar-refractivity contribution in [3.63, 3.8) is 0 Å². The molecule has 242 valence electrons. The molecular formula is C30H48BrN3O7SSi. The second-order valence-corrected chi connectivity index (χ2v) is 22.3. The maximum absolute atomic E-state index is 14.2. The Morgan fingerprint density at radius 1 is 1.07 bits per heavy atom. The second kappa shape index (κ2) is 12.6. The van der Waals surface area contributed by atoms with E-state index < -0.39 is 48.1 Å². The Morgan fingerprint density at radius 3 is 2.26 bits per heavy atom. The van der Waals surface area contributed by atoms with Crippen molar-refractivity contribution in [2.45, 2.75) is 96.6 Å². The third-order valence-electron chi connectivity index (χ3n) is 8.14. The molecule has 1 amide bonds. The van der Waals surface area contributed by atoms with Crippen LogP contribution in [-0.4, -0.2) is 86.2 Å². The van der Waals surface area contributed by atoms with Gasteiger partial charge in [-0.3, -0.25) is 4.79 Å². The molecule has 1 N–H and O–H groups in total. The number of pyridine rings is 1. The number of halogens is 1. The van der Waals surface area contributed by atoms with Gasteiger partial charge in [0, 0.05) is 59.6 Å². The summed E-state index contributed by atoms with van der Waals surface area (Å²) in [4.78, 5) is 27.8. The number of rotatable bonds is 8. The van der Waals surface area contributed by atoms with Crippen LogP contribution in [0.3, 0.4) is 0 Å². The number of hydrogen-bond donors (Lipinski definition) is 1. The fourth-order valence-corrected chi connectivity index (χ4v) is 7.88. The monoisotopic (exact) mass is 701 g/mol. The molecule has 2 aromatic rings. The molecule has 43 heavy (non-hydrogen) atoms. The van der Waals surface area contributed by atoms with Gasteiger partial charge in [0.05, 0.1) is 12.6 Å². The molecule has 0 spiro atoms. The maximum Gasteiger partial charge on any atom is 0.410 e. The number of amides is 1. The summed E-state index contributed by atoms with van der Waals surface area (Å²) < 4.78 is 43.8. The molecule has 0 aliphatic carbocycles. The van der Waals surface area contributed by atoms with E-state index in [-0.39, 0.29) is 47.1 Å². The highest BCUT2D eigenvalue weighted by molar-refractivity contribution is 9.10. The Kier molecular flexibility index (Phi) is 10.4. The van der Waals surface area contributed by atoms with Gasteiger partial charge in [0.2, 0.25) is 10.0 Å². The van der Waals surface area contributed by atoms with E-state index in [1.165, 1.54) is 20.0 Å². The number of piperazine rings is 1. The van der Waals surface area contributed by atoms with Gasteiger partial charge in [-0.1, -0.05) is 50.5 Å². The van der Waals surface area contributed by atoms with Crippen molar-refractivity contribution in [2.24, 2.45) is 5.41 Å². The molecule has 0 unspecified atom stereocenters.